The first kappa shape index (κ1) is 20.6. The van der Waals surface area contributed by atoms with E-state index in [0.29, 0.717) is 35.5 Å². The highest BCUT2D eigenvalue weighted by molar-refractivity contribution is 6.35. The van der Waals surface area contributed by atoms with Crippen LogP contribution in [0.3, 0.4) is 0 Å². The van der Waals surface area contributed by atoms with Gasteiger partial charge in [0.2, 0.25) is 5.91 Å². The van der Waals surface area contributed by atoms with E-state index < -0.39 is 0 Å². The van der Waals surface area contributed by atoms with Crippen molar-refractivity contribution in [1.82, 2.24) is 15.5 Å². The SMILES string of the molecule is CCNC(=NCc1ccc(Cl)cc1Cl)NCCC(=O)N(CC)CC. The maximum absolute atomic E-state index is 12.0. The predicted octanol–water partition coefficient (Wildman–Crippen LogP) is 3.31. The molecule has 0 spiro atoms. The Kier molecular flexibility index (Phi) is 9.57. The lowest BCUT2D eigenvalue weighted by Gasteiger charge is -2.19. The van der Waals surface area contributed by atoms with Gasteiger partial charge in [-0.2, -0.15) is 0 Å². The maximum Gasteiger partial charge on any atom is 0.224 e. The molecule has 7 heteroatoms. The van der Waals surface area contributed by atoms with Crippen LogP contribution in [0.25, 0.3) is 0 Å². The minimum atomic E-state index is 0.143. The summed E-state index contributed by atoms with van der Waals surface area (Å²) in [5, 5.41) is 7.54. The van der Waals surface area contributed by atoms with E-state index in [-0.39, 0.29) is 5.91 Å². The molecule has 1 aromatic carbocycles. The molecule has 0 fully saturated rings. The monoisotopic (exact) mass is 372 g/mol. The molecule has 0 bridgehead atoms. The summed E-state index contributed by atoms with van der Waals surface area (Å²) in [7, 11) is 0. The van der Waals surface area contributed by atoms with Gasteiger partial charge in [0.15, 0.2) is 5.96 Å². The number of guanidine groups is 1. The molecule has 0 heterocycles. The quantitative estimate of drug-likeness (QED) is 0.543. The Morgan fingerprint density at radius 2 is 1.88 bits per heavy atom. The van der Waals surface area contributed by atoms with Gasteiger partial charge >= 0.3 is 0 Å². The van der Waals surface area contributed by atoms with Crippen molar-refractivity contribution in [1.29, 1.82) is 0 Å². The molecule has 0 aliphatic rings. The van der Waals surface area contributed by atoms with E-state index in [1.54, 1.807) is 12.1 Å². The minimum absolute atomic E-state index is 0.143. The zero-order chi connectivity index (χ0) is 17.9. The first-order valence-electron chi connectivity index (χ1n) is 8.25. The molecule has 0 radical (unpaired) electrons. The predicted molar refractivity (Wildman–Crippen MR) is 102 cm³/mol. The third kappa shape index (κ3) is 6.97. The van der Waals surface area contributed by atoms with Crippen molar-refractivity contribution in [2.45, 2.75) is 33.7 Å². The van der Waals surface area contributed by atoms with Crippen LogP contribution in [0.1, 0.15) is 32.8 Å². The number of carbonyl (C=O) groups excluding carboxylic acids is 1. The molecule has 1 aromatic rings. The first-order chi connectivity index (χ1) is 11.5. The van der Waals surface area contributed by atoms with Crippen LogP contribution < -0.4 is 10.6 Å². The van der Waals surface area contributed by atoms with E-state index in [9.17, 15) is 4.79 Å². The van der Waals surface area contributed by atoms with Gasteiger partial charge in [-0.15, -0.1) is 0 Å². The van der Waals surface area contributed by atoms with Gasteiger partial charge in [0.05, 0.1) is 6.54 Å². The van der Waals surface area contributed by atoms with Gasteiger partial charge in [0.25, 0.3) is 0 Å². The van der Waals surface area contributed by atoms with Gasteiger partial charge in [-0.3, -0.25) is 4.79 Å². The molecular weight excluding hydrogens is 347 g/mol. The van der Waals surface area contributed by atoms with E-state index in [1.165, 1.54) is 0 Å². The highest BCUT2D eigenvalue weighted by Crippen LogP contribution is 2.21. The molecule has 0 aliphatic carbocycles. The van der Waals surface area contributed by atoms with Gasteiger partial charge in [-0.1, -0.05) is 29.3 Å². The Morgan fingerprint density at radius 3 is 2.46 bits per heavy atom. The molecule has 2 N–H and O–H groups in total. The van der Waals surface area contributed by atoms with Crippen molar-refractivity contribution >= 4 is 35.1 Å². The average Bonchev–Trinajstić information content (AvgIpc) is 2.55. The number of benzene rings is 1. The van der Waals surface area contributed by atoms with Crippen molar-refractivity contribution in [3.63, 3.8) is 0 Å². The molecule has 1 rings (SSSR count). The summed E-state index contributed by atoms with van der Waals surface area (Å²) in [6, 6.07) is 5.36. The molecule has 0 atom stereocenters. The number of hydrogen-bond acceptors (Lipinski definition) is 2. The lowest BCUT2D eigenvalue weighted by Crippen LogP contribution is -2.40. The maximum atomic E-state index is 12.0. The molecule has 0 aliphatic heterocycles. The van der Waals surface area contributed by atoms with E-state index in [4.69, 9.17) is 23.2 Å². The van der Waals surface area contributed by atoms with E-state index in [2.05, 4.69) is 15.6 Å². The molecule has 24 heavy (non-hydrogen) atoms. The second-order valence-electron chi connectivity index (χ2n) is 5.17. The first-order valence-corrected chi connectivity index (χ1v) is 9.01. The summed E-state index contributed by atoms with van der Waals surface area (Å²) in [5.74, 6) is 0.806. The Labute approximate surface area is 154 Å². The standard InChI is InChI=1S/C17H26Cl2N4O/c1-4-20-17(21-10-9-16(24)23(5-2)6-3)22-12-13-7-8-14(18)11-15(13)19/h7-8,11H,4-6,9-10,12H2,1-3H3,(H2,20,21,22). The second-order valence-corrected chi connectivity index (χ2v) is 6.02. The van der Waals surface area contributed by atoms with Crippen molar-refractivity contribution in [2.75, 3.05) is 26.2 Å². The summed E-state index contributed by atoms with van der Waals surface area (Å²) in [4.78, 5) is 18.3. The summed E-state index contributed by atoms with van der Waals surface area (Å²) >= 11 is 12.1. The lowest BCUT2D eigenvalue weighted by molar-refractivity contribution is -0.130. The second kappa shape index (κ2) is 11.2. The van der Waals surface area contributed by atoms with Crippen molar-refractivity contribution < 1.29 is 4.79 Å². The fourth-order valence-corrected chi connectivity index (χ4v) is 2.65. The number of rotatable bonds is 8. The zero-order valence-corrected chi connectivity index (χ0v) is 16.0. The lowest BCUT2D eigenvalue weighted by atomic mass is 10.2. The molecule has 0 unspecified atom stereocenters. The summed E-state index contributed by atoms with van der Waals surface area (Å²) in [6.45, 7) is 9.14. The fourth-order valence-electron chi connectivity index (χ4n) is 2.18. The van der Waals surface area contributed by atoms with Crippen molar-refractivity contribution in [3.8, 4) is 0 Å². The van der Waals surface area contributed by atoms with Crippen LogP contribution >= 0.6 is 23.2 Å². The number of amides is 1. The number of aliphatic imine (C=N–C) groups is 1. The topological polar surface area (TPSA) is 56.7 Å². The van der Waals surface area contributed by atoms with Gasteiger partial charge in [0.1, 0.15) is 0 Å². The van der Waals surface area contributed by atoms with Gasteiger partial charge in [0, 0.05) is 42.6 Å². The third-order valence-electron chi connectivity index (χ3n) is 3.51. The number of nitrogens with zero attached hydrogens (tertiary/aromatic N) is 2. The highest BCUT2D eigenvalue weighted by Gasteiger charge is 2.09. The molecule has 134 valence electrons. The Bertz CT molecular complexity index is 560. The largest absolute Gasteiger partial charge is 0.357 e. The van der Waals surface area contributed by atoms with E-state index in [0.717, 1.165) is 25.2 Å². The molecule has 0 saturated heterocycles. The van der Waals surface area contributed by atoms with Crippen LogP contribution in [0.2, 0.25) is 10.0 Å². The molecule has 5 nitrogen and oxygen atoms in total. The van der Waals surface area contributed by atoms with Crippen LogP contribution in [0, 0.1) is 0 Å². The van der Waals surface area contributed by atoms with Crippen LogP contribution in [0.5, 0.6) is 0 Å². The van der Waals surface area contributed by atoms with Gasteiger partial charge in [-0.25, -0.2) is 4.99 Å². The molecule has 0 saturated carbocycles. The summed E-state index contributed by atoms with van der Waals surface area (Å²) in [5.41, 5.74) is 0.900. The fraction of sp³-hybridized carbons (Fsp3) is 0.529. The van der Waals surface area contributed by atoms with Crippen LogP contribution in [-0.4, -0.2) is 42.9 Å². The van der Waals surface area contributed by atoms with Crippen molar-refractivity contribution in [2.24, 2.45) is 4.99 Å². The van der Waals surface area contributed by atoms with Crippen LogP contribution in [0.4, 0.5) is 0 Å². The van der Waals surface area contributed by atoms with E-state index >= 15 is 0 Å². The van der Waals surface area contributed by atoms with Gasteiger partial charge < -0.3 is 15.5 Å². The highest BCUT2D eigenvalue weighted by atomic mass is 35.5. The molecule has 1 amide bonds. The van der Waals surface area contributed by atoms with Crippen LogP contribution in [0.15, 0.2) is 23.2 Å². The number of carbonyl (C=O) groups is 1. The Morgan fingerprint density at radius 1 is 1.17 bits per heavy atom. The van der Waals surface area contributed by atoms with Gasteiger partial charge in [-0.05, 0) is 38.5 Å². The normalized spacial score (nSPS) is 11.3. The van der Waals surface area contributed by atoms with E-state index in [1.807, 2.05) is 31.7 Å². The summed E-state index contributed by atoms with van der Waals surface area (Å²) < 4.78 is 0. The number of halogens is 2. The zero-order valence-electron chi connectivity index (χ0n) is 14.5. The number of hydrogen-bond donors (Lipinski definition) is 2. The smallest absolute Gasteiger partial charge is 0.224 e. The Hall–Kier alpha value is -1.46. The molecule has 0 aromatic heterocycles. The minimum Gasteiger partial charge on any atom is -0.357 e. The summed E-state index contributed by atoms with van der Waals surface area (Å²) in [6.07, 6.45) is 0.438. The molecular formula is C17H26Cl2N4O. The Balaban J connectivity index is 2.58. The van der Waals surface area contributed by atoms with Crippen LogP contribution in [-0.2, 0) is 11.3 Å². The number of nitrogens with one attached hydrogen (secondary N) is 2. The third-order valence-corrected chi connectivity index (χ3v) is 4.10. The average molecular weight is 373 g/mol. The van der Waals surface area contributed by atoms with Crippen molar-refractivity contribution in [3.05, 3.63) is 33.8 Å².